The van der Waals surface area contributed by atoms with Gasteiger partial charge in [0.2, 0.25) is 0 Å². The number of carbonyl (C=O) groups excluding carboxylic acids is 1. The summed E-state index contributed by atoms with van der Waals surface area (Å²) in [5, 5.41) is 7.28. The number of hydrogen-bond acceptors (Lipinski definition) is 3. The van der Waals surface area contributed by atoms with E-state index in [1.807, 2.05) is 55.5 Å². The highest BCUT2D eigenvalue weighted by Gasteiger charge is 2.30. The van der Waals surface area contributed by atoms with Crippen molar-refractivity contribution in [2.45, 2.75) is 19.5 Å². The standard InChI is InChI=1S/C22H24N2O2S/c1-16-9-10-20(26-3)19(13-16)23-22(25)21(18-7-5-4-6-8-18)24(2)14-17-11-12-27-15-17/h4-13,15,21H,14H2,1-3H3,(H,23,25)/p+1/t21-/m1/s1. The topological polar surface area (TPSA) is 42.8 Å². The third kappa shape index (κ3) is 4.76. The van der Waals surface area contributed by atoms with Gasteiger partial charge in [-0.15, -0.1) is 0 Å². The highest BCUT2D eigenvalue weighted by molar-refractivity contribution is 7.07. The van der Waals surface area contributed by atoms with E-state index in [1.165, 1.54) is 5.56 Å². The van der Waals surface area contributed by atoms with Crippen LogP contribution in [0.3, 0.4) is 0 Å². The fourth-order valence-corrected chi connectivity index (χ4v) is 3.92. The van der Waals surface area contributed by atoms with E-state index in [9.17, 15) is 4.79 Å². The van der Waals surface area contributed by atoms with Crippen LogP contribution in [0.2, 0.25) is 0 Å². The van der Waals surface area contributed by atoms with Crippen molar-refractivity contribution in [2.75, 3.05) is 19.5 Å². The van der Waals surface area contributed by atoms with E-state index in [1.54, 1.807) is 18.4 Å². The van der Waals surface area contributed by atoms with Crippen molar-refractivity contribution in [1.82, 2.24) is 0 Å². The van der Waals surface area contributed by atoms with E-state index >= 15 is 0 Å². The summed E-state index contributed by atoms with van der Waals surface area (Å²) in [5.74, 6) is 0.620. The molecule has 27 heavy (non-hydrogen) atoms. The summed E-state index contributed by atoms with van der Waals surface area (Å²) in [7, 11) is 3.67. The molecule has 1 heterocycles. The number of aryl methyl sites for hydroxylation is 1. The maximum atomic E-state index is 13.3. The number of hydrogen-bond donors (Lipinski definition) is 2. The Labute approximate surface area is 164 Å². The number of anilines is 1. The summed E-state index contributed by atoms with van der Waals surface area (Å²) < 4.78 is 5.41. The number of thiophene rings is 1. The van der Waals surface area contributed by atoms with Crippen LogP contribution in [0.1, 0.15) is 22.7 Å². The molecule has 0 aliphatic rings. The van der Waals surface area contributed by atoms with Crippen LogP contribution >= 0.6 is 11.3 Å². The minimum Gasteiger partial charge on any atom is -0.495 e. The van der Waals surface area contributed by atoms with Crippen molar-refractivity contribution in [1.29, 1.82) is 0 Å². The predicted octanol–water partition coefficient (Wildman–Crippen LogP) is 3.46. The number of amides is 1. The summed E-state index contributed by atoms with van der Waals surface area (Å²) in [6, 6.07) is 17.5. The molecule has 2 N–H and O–H groups in total. The first-order valence-corrected chi connectivity index (χ1v) is 9.86. The Balaban J connectivity index is 1.88. The second-order valence-corrected chi connectivity index (χ2v) is 7.47. The van der Waals surface area contributed by atoms with Gasteiger partial charge in [0.15, 0.2) is 6.04 Å². The molecule has 0 saturated heterocycles. The molecular weight excluding hydrogens is 356 g/mol. The van der Waals surface area contributed by atoms with E-state index in [0.29, 0.717) is 11.4 Å². The Kier molecular flexibility index (Phi) is 6.27. The van der Waals surface area contributed by atoms with Gasteiger partial charge in [-0.3, -0.25) is 4.79 Å². The number of methoxy groups -OCH3 is 1. The molecule has 0 aliphatic carbocycles. The molecule has 1 unspecified atom stereocenters. The largest absolute Gasteiger partial charge is 0.495 e. The van der Waals surface area contributed by atoms with Crippen LogP contribution in [0.15, 0.2) is 65.4 Å². The van der Waals surface area contributed by atoms with Gasteiger partial charge < -0.3 is 15.0 Å². The maximum absolute atomic E-state index is 13.3. The van der Waals surface area contributed by atoms with Crippen molar-refractivity contribution < 1.29 is 14.4 Å². The summed E-state index contributed by atoms with van der Waals surface area (Å²) in [6.45, 7) is 2.78. The van der Waals surface area contributed by atoms with Crippen LogP contribution < -0.4 is 15.0 Å². The molecule has 2 atom stereocenters. The third-order valence-electron chi connectivity index (χ3n) is 4.56. The van der Waals surface area contributed by atoms with Crippen LogP contribution in [-0.4, -0.2) is 20.1 Å². The number of likely N-dealkylation sites (N-methyl/N-ethyl adjacent to an activating group) is 1. The van der Waals surface area contributed by atoms with E-state index in [2.05, 4.69) is 29.2 Å². The van der Waals surface area contributed by atoms with Gasteiger partial charge in [-0.2, -0.15) is 11.3 Å². The first kappa shape index (κ1) is 19.1. The Morgan fingerprint density at radius 1 is 1.19 bits per heavy atom. The molecule has 0 spiro atoms. The molecule has 0 bridgehead atoms. The monoisotopic (exact) mass is 381 g/mol. The second-order valence-electron chi connectivity index (χ2n) is 6.69. The lowest BCUT2D eigenvalue weighted by atomic mass is 10.0. The molecule has 3 rings (SSSR count). The van der Waals surface area contributed by atoms with Crippen molar-refractivity contribution in [2.24, 2.45) is 0 Å². The summed E-state index contributed by atoms with van der Waals surface area (Å²) in [4.78, 5) is 14.4. The molecule has 2 aromatic carbocycles. The highest BCUT2D eigenvalue weighted by Crippen LogP contribution is 2.26. The van der Waals surface area contributed by atoms with Crippen LogP contribution in [-0.2, 0) is 11.3 Å². The minimum atomic E-state index is -0.323. The summed E-state index contributed by atoms with van der Waals surface area (Å²) >= 11 is 1.68. The molecule has 3 aromatic rings. The Morgan fingerprint density at radius 2 is 1.96 bits per heavy atom. The van der Waals surface area contributed by atoms with Gasteiger partial charge in [-0.25, -0.2) is 0 Å². The van der Waals surface area contributed by atoms with E-state index < -0.39 is 0 Å². The Bertz CT molecular complexity index is 879. The molecule has 1 amide bonds. The van der Waals surface area contributed by atoms with Crippen LogP contribution in [0.5, 0.6) is 5.75 Å². The van der Waals surface area contributed by atoms with Gasteiger partial charge >= 0.3 is 0 Å². The van der Waals surface area contributed by atoms with Gasteiger partial charge in [0, 0.05) is 11.1 Å². The first-order chi connectivity index (χ1) is 13.1. The van der Waals surface area contributed by atoms with E-state index in [0.717, 1.165) is 22.6 Å². The smallest absolute Gasteiger partial charge is 0.287 e. The minimum absolute atomic E-state index is 0.0437. The lowest BCUT2D eigenvalue weighted by molar-refractivity contribution is -0.915. The number of rotatable bonds is 7. The molecule has 5 heteroatoms. The Hall–Kier alpha value is -2.63. The molecule has 4 nitrogen and oxygen atoms in total. The van der Waals surface area contributed by atoms with E-state index in [4.69, 9.17) is 4.74 Å². The molecule has 140 valence electrons. The van der Waals surface area contributed by atoms with Gasteiger partial charge in [0.25, 0.3) is 5.91 Å². The molecule has 0 saturated carbocycles. The van der Waals surface area contributed by atoms with Crippen molar-refractivity contribution in [3.63, 3.8) is 0 Å². The van der Waals surface area contributed by atoms with Crippen molar-refractivity contribution in [3.05, 3.63) is 82.0 Å². The normalized spacial score (nSPS) is 13.0. The lowest BCUT2D eigenvalue weighted by Crippen LogP contribution is -3.09. The number of benzene rings is 2. The quantitative estimate of drug-likeness (QED) is 0.658. The third-order valence-corrected chi connectivity index (χ3v) is 5.30. The number of quaternary nitrogens is 1. The van der Waals surface area contributed by atoms with Gasteiger partial charge in [-0.05, 0) is 41.4 Å². The average molecular weight is 382 g/mol. The van der Waals surface area contributed by atoms with Gasteiger partial charge in [0.1, 0.15) is 12.3 Å². The number of carbonyl (C=O) groups is 1. The first-order valence-electron chi connectivity index (χ1n) is 8.92. The fourth-order valence-electron chi connectivity index (χ4n) is 3.25. The lowest BCUT2D eigenvalue weighted by Gasteiger charge is -2.25. The zero-order chi connectivity index (χ0) is 19.2. The zero-order valence-corrected chi connectivity index (χ0v) is 16.7. The van der Waals surface area contributed by atoms with Gasteiger partial charge in [-0.1, -0.05) is 36.4 Å². The highest BCUT2D eigenvalue weighted by atomic mass is 32.1. The molecule has 0 radical (unpaired) electrons. The van der Waals surface area contributed by atoms with Crippen molar-refractivity contribution in [3.8, 4) is 5.75 Å². The summed E-state index contributed by atoms with van der Waals surface area (Å²) in [6.07, 6.45) is 0. The predicted molar refractivity (Wildman–Crippen MR) is 110 cm³/mol. The van der Waals surface area contributed by atoms with E-state index in [-0.39, 0.29) is 11.9 Å². The molecule has 0 fully saturated rings. The average Bonchev–Trinajstić information content (AvgIpc) is 3.16. The Morgan fingerprint density at radius 3 is 2.63 bits per heavy atom. The van der Waals surface area contributed by atoms with Gasteiger partial charge in [0.05, 0.1) is 19.8 Å². The van der Waals surface area contributed by atoms with Crippen LogP contribution in [0.4, 0.5) is 5.69 Å². The molecule has 1 aromatic heterocycles. The van der Waals surface area contributed by atoms with Crippen LogP contribution in [0.25, 0.3) is 0 Å². The molecule has 0 aliphatic heterocycles. The SMILES string of the molecule is COc1ccc(C)cc1NC(=O)[C@@H](c1ccccc1)[NH+](C)Cc1ccsc1. The van der Waals surface area contributed by atoms with Crippen LogP contribution in [0, 0.1) is 6.92 Å². The zero-order valence-electron chi connectivity index (χ0n) is 15.9. The maximum Gasteiger partial charge on any atom is 0.287 e. The molecular formula is C22H25N2O2S+. The fraction of sp³-hybridized carbons (Fsp3) is 0.227. The summed E-state index contributed by atoms with van der Waals surface area (Å²) in [5.41, 5.74) is 4.00. The number of ether oxygens (including phenoxy) is 1. The van der Waals surface area contributed by atoms with Crippen molar-refractivity contribution >= 4 is 22.9 Å². The number of nitrogens with one attached hydrogen (secondary N) is 2. The second kappa shape index (κ2) is 8.84.